The summed E-state index contributed by atoms with van der Waals surface area (Å²) < 4.78 is 26.1. The van der Waals surface area contributed by atoms with Gasteiger partial charge in [-0.2, -0.15) is 4.31 Å². The third-order valence-electron chi connectivity index (χ3n) is 3.03. The van der Waals surface area contributed by atoms with E-state index in [9.17, 15) is 13.5 Å². The van der Waals surface area contributed by atoms with Crippen molar-refractivity contribution in [3.05, 3.63) is 28.8 Å². The number of hydrogen-bond donors (Lipinski definition) is 1. The van der Waals surface area contributed by atoms with Crippen LogP contribution in [0.25, 0.3) is 0 Å². The molecule has 0 aliphatic heterocycles. The van der Waals surface area contributed by atoms with E-state index in [0.717, 1.165) is 0 Å². The molecule has 4 nitrogen and oxygen atoms in total. The zero-order valence-corrected chi connectivity index (χ0v) is 12.5. The summed E-state index contributed by atoms with van der Waals surface area (Å²) in [6.07, 6.45) is 0. The molecule has 0 bridgehead atoms. The maximum Gasteiger partial charge on any atom is 0.243 e. The fraction of sp³-hybridized carbons (Fsp3) is 0.500. The topological polar surface area (TPSA) is 57.6 Å². The molecule has 0 spiro atoms. The maximum atomic E-state index is 12.5. The molecule has 1 aromatic carbocycles. The van der Waals surface area contributed by atoms with Gasteiger partial charge in [-0.3, -0.25) is 0 Å². The number of nitrogens with zero attached hydrogens (tertiary/aromatic N) is 1. The lowest BCUT2D eigenvalue weighted by atomic mass is 10.1. The second kappa shape index (κ2) is 5.17. The van der Waals surface area contributed by atoms with Crippen molar-refractivity contribution in [1.82, 2.24) is 4.31 Å². The number of aliphatic hydroxyl groups excluding tert-OH is 1. The number of hydrogen-bond acceptors (Lipinski definition) is 3. The number of likely N-dealkylation sites (N-methyl/N-ethyl adjacent to an activating group) is 1. The summed E-state index contributed by atoms with van der Waals surface area (Å²) in [5.74, 6) is 0. The standard InChI is InChI=1S/C12H18ClNO3S/c1-9-5-6-10(13)7-11(9)18(16,17)14(4)12(2,3)8-15/h5-7,15H,8H2,1-4H3. The number of aliphatic hydroxyl groups is 1. The fourth-order valence-corrected chi connectivity index (χ4v) is 3.42. The molecule has 0 heterocycles. The quantitative estimate of drug-likeness (QED) is 0.923. The van der Waals surface area contributed by atoms with E-state index < -0.39 is 15.6 Å². The highest BCUT2D eigenvalue weighted by atomic mass is 35.5. The minimum absolute atomic E-state index is 0.166. The summed E-state index contributed by atoms with van der Waals surface area (Å²) in [5, 5.41) is 9.64. The summed E-state index contributed by atoms with van der Waals surface area (Å²) in [5.41, 5.74) is -0.242. The van der Waals surface area contributed by atoms with Crippen molar-refractivity contribution in [3.8, 4) is 0 Å². The van der Waals surface area contributed by atoms with Crippen molar-refractivity contribution < 1.29 is 13.5 Å². The van der Waals surface area contributed by atoms with E-state index in [1.54, 1.807) is 32.9 Å². The van der Waals surface area contributed by atoms with E-state index in [0.29, 0.717) is 10.6 Å². The predicted molar refractivity (Wildman–Crippen MR) is 72.3 cm³/mol. The molecule has 0 aliphatic carbocycles. The van der Waals surface area contributed by atoms with Crippen LogP contribution < -0.4 is 0 Å². The molecule has 102 valence electrons. The normalized spacial score (nSPS) is 13.1. The summed E-state index contributed by atoms with van der Waals surface area (Å²) in [6.45, 7) is 4.76. The van der Waals surface area contributed by atoms with Crippen LogP contribution in [0.2, 0.25) is 5.02 Å². The van der Waals surface area contributed by atoms with E-state index >= 15 is 0 Å². The lowest BCUT2D eigenvalue weighted by Gasteiger charge is -2.33. The summed E-state index contributed by atoms with van der Waals surface area (Å²) in [7, 11) is -2.22. The number of rotatable bonds is 4. The van der Waals surface area contributed by atoms with Crippen LogP contribution >= 0.6 is 11.6 Å². The highest BCUT2D eigenvalue weighted by Crippen LogP contribution is 2.27. The average molecular weight is 292 g/mol. The Morgan fingerprint density at radius 2 is 1.94 bits per heavy atom. The lowest BCUT2D eigenvalue weighted by Crippen LogP contribution is -2.47. The minimum Gasteiger partial charge on any atom is -0.394 e. The molecule has 1 N–H and O–H groups in total. The van der Waals surface area contributed by atoms with Crippen molar-refractivity contribution in [2.45, 2.75) is 31.2 Å². The maximum absolute atomic E-state index is 12.5. The van der Waals surface area contributed by atoms with E-state index in [1.165, 1.54) is 17.4 Å². The van der Waals surface area contributed by atoms with Gasteiger partial charge in [0.2, 0.25) is 10.0 Å². The molecule has 0 amide bonds. The van der Waals surface area contributed by atoms with Crippen molar-refractivity contribution in [3.63, 3.8) is 0 Å². The van der Waals surface area contributed by atoms with Gasteiger partial charge in [0.25, 0.3) is 0 Å². The molecule has 0 atom stereocenters. The molecule has 0 radical (unpaired) electrons. The number of benzene rings is 1. The van der Waals surface area contributed by atoms with Crippen LogP contribution in [0.4, 0.5) is 0 Å². The molecular formula is C12H18ClNO3S. The van der Waals surface area contributed by atoms with Crippen LogP contribution in [0.5, 0.6) is 0 Å². The molecule has 0 aliphatic rings. The first-order valence-electron chi connectivity index (χ1n) is 5.49. The fourth-order valence-electron chi connectivity index (χ4n) is 1.42. The summed E-state index contributed by atoms with van der Waals surface area (Å²) in [6, 6.07) is 4.73. The highest BCUT2D eigenvalue weighted by Gasteiger charge is 2.34. The Bertz CT molecular complexity index is 540. The minimum atomic E-state index is -3.67. The molecule has 0 saturated heterocycles. The van der Waals surface area contributed by atoms with E-state index in [4.69, 9.17) is 11.6 Å². The third-order valence-corrected chi connectivity index (χ3v) is 5.47. The van der Waals surface area contributed by atoms with Gasteiger partial charge in [-0.15, -0.1) is 0 Å². The van der Waals surface area contributed by atoms with Gasteiger partial charge in [-0.25, -0.2) is 8.42 Å². The molecule has 6 heteroatoms. The first kappa shape index (κ1) is 15.4. The Morgan fingerprint density at radius 3 is 2.44 bits per heavy atom. The summed E-state index contributed by atoms with van der Waals surface area (Å²) in [4.78, 5) is 0.166. The largest absolute Gasteiger partial charge is 0.394 e. The monoisotopic (exact) mass is 291 g/mol. The SMILES string of the molecule is Cc1ccc(Cl)cc1S(=O)(=O)N(C)C(C)(C)CO. The molecule has 1 aromatic rings. The van der Waals surface area contributed by atoms with Gasteiger partial charge in [0.15, 0.2) is 0 Å². The number of aryl methyl sites for hydroxylation is 1. The molecule has 1 rings (SSSR count). The van der Waals surface area contributed by atoms with Gasteiger partial charge in [-0.1, -0.05) is 17.7 Å². The molecular weight excluding hydrogens is 274 g/mol. The van der Waals surface area contributed by atoms with Gasteiger partial charge in [0, 0.05) is 12.1 Å². The zero-order valence-electron chi connectivity index (χ0n) is 10.9. The molecule has 0 fully saturated rings. The molecule has 18 heavy (non-hydrogen) atoms. The average Bonchev–Trinajstić information content (AvgIpc) is 2.31. The van der Waals surface area contributed by atoms with Crippen LogP contribution in [0.15, 0.2) is 23.1 Å². The van der Waals surface area contributed by atoms with Crippen molar-refractivity contribution >= 4 is 21.6 Å². The second-order valence-corrected chi connectivity index (χ2v) is 7.23. The second-order valence-electron chi connectivity index (χ2n) is 4.85. The molecule has 0 saturated carbocycles. The summed E-state index contributed by atoms with van der Waals surface area (Å²) >= 11 is 5.84. The van der Waals surface area contributed by atoms with Gasteiger partial charge in [0.05, 0.1) is 17.0 Å². The Kier molecular flexibility index (Phi) is 4.43. The smallest absolute Gasteiger partial charge is 0.243 e. The van der Waals surface area contributed by atoms with Gasteiger partial charge in [0.1, 0.15) is 0 Å². The number of sulfonamides is 1. The van der Waals surface area contributed by atoms with Gasteiger partial charge in [-0.05, 0) is 38.5 Å². The van der Waals surface area contributed by atoms with Crippen LogP contribution in [-0.2, 0) is 10.0 Å². The van der Waals surface area contributed by atoms with Gasteiger partial charge < -0.3 is 5.11 Å². The number of halogens is 1. The lowest BCUT2D eigenvalue weighted by molar-refractivity contribution is 0.138. The van der Waals surface area contributed by atoms with E-state index in [-0.39, 0.29) is 11.5 Å². The Hall–Kier alpha value is -0.620. The highest BCUT2D eigenvalue weighted by molar-refractivity contribution is 7.89. The van der Waals surface area contributed by atoms with E-state index in [2.05, 4.69) is 0 Å². The van der Waals surface area contributed by atoms with Gasteiger partial charge >= 0.3 is 0 Å². The molecule has 0 aromatic heterocycles. The first-order valence-corrected chi connectivity index (χ1v) is 7.31. The first-order chi connectivity index (χ1) is 8.13. The Labute approximate surface area is 113 Å². The van der Waals surface area contributed by atoms with Crippen molar-refractivity contribution in [1.29, 1.82) is 0 Å². The van der Waals surface area contributed by atoms with Crippen LogP contribution in [0.3, 0.4) is 0 Å². The van der Waals surface area contributed by atoms with Crippen molar-refractivity contribution in [2.75, 3.05) is 13.7 Å². The molecule has 0 unspecified atom stereocenters. The Morgan fingerprint density at radius 1 is 1.39 bits per heavy atom. The predicted octanol–water partition coefficient (Wildman–Crippen LogP) is 2.04. The zero-order chi connectivity index (χ0) is 14.1. The van der Waals surface area contributed by atoms with Crippen LogP contribution in [0.1, 0.15) is 19.4 Å². The Balaban J connectivity index is 3.34. The van der Waals surface area contributed by atoms with Crippen LogP contribution in [-0.4, -0.2) is 37.0 Å². The van der Waals surface area contributed by atoms with Crippen molar-refractivity contribution in [2.24, 2.45) is 0 Å². The third kappa shape index (κ3) is 2.85. The van der Waals surface area contributed by atoms with E-state index in [1.807, 2.05) is 0 Å². The van der Waals surface area contributed by atoms with Crippen LogP contribution in [0, 0.1) is 6.92 Å².